The number of aromatic nitrogens is 5. The van der Waals surface area contributed by atoms with Crippen LogP contribution < -0.4 is 0 Å². The molecule has 1 fully saturated rings. The van der Waals surface area contributed by atoms with E-state index in [1.165, 1.54) is 5.69 Å². The Morgan fingerprint density at radius 2 is 2.00 bits per heavy atom. The van der Waals surface area contributed by atoms with E-state index in [1.807, 2.05) is 35.4 Å². The van der Waals surface area contributed by atoms with Gasteiger partial charge in [-0.05, 0) is 32.0 Å². The van der Waals surface area contributed by atoms with E-state index in [2.05, 4.69) is 31.0 Å². The maximum absolute atomic E-state index is 4.40. The number of nitrogens with zero attached hydrogens (tertiary/aromatic N) is 5. The van der Waals surface area contributed by atoms with Gasteiger partial charge in [-0.1, -0.05) is 0 Å². The maximum atomic E-state index is 4.40. The first-order valence-electron chi connectivity index (χ1n) is 7.39. The van der Waals surface area contributed by atoms with Crippen molar-refractivity contribution < 1.29 is 0 Å². The zero-order valence-electron chi connectivity index (χ0n) is 11.8. The van der Waals surface area contributed by atoms with E-state index in [4.69, 9.17) is 0 Å². The van der Waals surface area contributed by atoms with Gasteiger partial charge >= 0.3 is 0 Å². The molecule has 1 saturated heterocycles. The molecule has 6 heteroatoms. The Kier molecular flexibility index (Phi) is 3.16. The van der Waals surface area contributed by atoms with Crippen LogP contribution in [0.15, 0.2) is 36.9 Å². The number of nitrogens with one attached hydrogen (secondary N) is 1. The second-order valence-electron chi connectivity index (χ2n) is 5.56. The Bertz CT molecular complexity index is 709. The normalized spacial score (nSPS) is 17.5. The van der Waals surface area contributed by atoms with Crippen molar-refractivity contribution in [3.05, 3.63) is 48.4 Å². The Labute approximate surface area is 122 Å². The molecule has 3 aromatic rings. The van der Waals surface area contributed by atoms with E-state index in [0.29, 0.717) is 5.92 Å². The van der Waals surface area contributed by atoms with E-state index >= 15 is 0 Å². The molecule has 4 rings (SSSR count). The highest BCUT2D eigenvalue weighted by Crippen LogP contribution is 2.28. The molecule has 0 saturated carbocycles. The van der Waals surface area contributed by atoms with Crippen LogP contribution in [0.3, 0.4) is 0 Å². The number of piperidine rings is 1. The number of hydrogen-bond acceptors (Lipinski definition) is 4. The molecule has 0 unspecified atom stereocenters. The van der Waals surface area contributed by atoms with E-state index in [1.54, 1.807) is 0 Å². The number of imidazole rings is 1. The summed E-state index contributed by atoms with van der Waals surface area (Å²) in [6, 6.07) is 4.06. The predicted octanol–water partition coefficient (Wildman–Crippen LogP) is 1.83. The minimum absolute atomic E-state index is 0.559. The van der Waals surface area contributed by atoms with Crippen LogP contribution in [0, 0.1) is 0 Å². The lowest BCUT2D eigenvalue weighted by Gasteiger charge is -2.31. The van der Waals surface area contributed by atoms with Gasteiger partial charge in [-0.25, -0.2) is 14.5 Å². The lowest BCUT2D eigenvalue weighted by Crippen LogP contribution is -2.33. The molecule has 1 aliphatic rings. The molecule has 0 atom stereocenters. The molecule has 0 spiro atoms. The smallest absolute Gasteiger partial charge is 0.155 e. The quantitative estimate of drug-likeness (QED) is 0.796. The van der Waals surface area contributed by atoms with Gasteiger partial charge in [-0.2, -0.15) is 5.10 Å². The standard InChI is InChI=1S/C15H18N6/c1-5-18-15-2-6-19-21(15)13(1)12-3-9-20(10-4-12)11-14-16-7-8-17-14/h1-2,5-8,12H,3-4,9-11H2,(H,16,17). The third-order valence-electron chi connectivity index (χ3n) is 4.25. The molecule has 3 aromatic heterocycles. The van der Waals surface area contributed by atoms with Crippen molar-refractivity contribution in [3.63, 3.8) is 0 Å². The van der Waals surface area contributed by atoms with Crippen molar-refractivity contribution in [2.24, 2.45) is 0 Å². The summed E-state index contributed by atoms with van der Waals surface area (Å²) in [5.74, 6) is 1.61. The molecule has 1 N–H and O–H groups in total. The number of hydrogen-bond donors (Lipinski definition) is 1. The number of H-pyrrole nitrogens is 1. The molecule has 0 bridgehead atoms. The van der Waals surface area contributed by atoms with Crippen molar-refractivity contribution >= 4 is 5.65 Å². The molecule has 6 nitrogen and oxygen atoms in total. The molecule has 0 aromatic carbocycles. The van der Waals surface area contributed by atoms with Crippen LogP contribution in [0.25, 0.3) is 5.65 Å². The Morgan fingerprint density at radius 3 is 2.81 bits per heavy atom. The largest absolute Gasteiger partial charge is 0.348 e. The predicted molar refractivity (Wildman–Crippen MR) is 78.8 cm³/mol. The zero-order chi connectivity index (χ0) is 14.1. The molecule has 4 heterocycles. The van der Waals surface area contributed by atoms with Gasteiger partial charge in [-0.15, -0.1) is 0 Å². The summed E-state index contributed by atoms with van der Waals surface area (Å²) in [4.78, 5) is 14.3. The lowest BCUT2D eigenvalue weighted by molar-refractivity contribution is 0.198. The van der Waals surface area contributed by atoms with Crippen LogP contribution >= 0.6 is 0 Å². The molecule has 21 heavy (non-hydrogen) atoms. The van der Waals surface area contributed by atoms with Gasteiger partial charge in [0.25, 0.3) is 0 Å². The molecular formula is C15H18N6. The second-order valence-corrected chi connectivity index (χ2v) is 5.56. The first-order chi connectivity index (χ1) is 10.4. The summed E-state index contributed by atoms with van der Waals surface area (Å²) in [6.45, 7) is 3.10. The molecule has 1 aliphatic heterocycles. The van der Waals surface area contributed by atoms with Crippen molar-refractivity contribution in [2.45, 2.75) is 25.3 Å². The van der Waals surface area contributed by atoms with Crippen molar-refractivity contribution in [1.29, 1.82) is 0 Å². The first-order valence-corrected chi connectivity index (χ1v) is 7.39. The number of likely N-dealkylation sites (tertiary alicyclic amines) is 1. The van der Waals surface area contributed by atoms with Crippen LogP contribution in [0.5, 0.6) is 0 Å². The highest BCUT2D eigenvalue weighted by molar-refractivity contribution is 5.37. The van der Waals surface area contributed by atoms with Crippen LogP contribution in [-0.2, 0) is 6.54 Å². The molecule has 0 radical (unpaired) electrons. The van der Waals surface area contributed by atoms with E-state index in [0.717, 1.165) is 43.9 Å². The summed E-state index contributed by atoms with van der Waals surface area (Å²) in [7, 11) is 0. The first kappa shape index (κ1) is 12.5. The molecule has 108 valence electrons. The summed E-state index contributed by atoms with van der Waals surface area (Å²) in [6.07, 6.45) is 9.71. The van der Waals surface area contributed by atoms with Crippen LogP contribution in [-0.4, -0.2) is 42.6 Å². The fourth-order valence-electron chi connectivity index (χ4n) is 3.15. The van der Waals surface area contributed by atoms with Crippen molar-refractivity contribution in [2.75, 3.05) is 13.1 Å². The molecular weight excluding hydrogens is 264 g/mol. The third kappa shape index (κ3) is 2.42. The summed E-state index contributed by atoms with van der Waals surface area (Å²) in [5.41, 5.74) is 2.22. The van der Waals surface area contributed by atoms with Crippen LogP contribution in [0.1, 0.15) is 30.3 Å². The average Bonchev–Trinajstić information content (AvgIpc) is 3.18. The van der Waals surface area contributed by atoms with Gasteiger partial charge < -0.3 is 4.98 Å². The van der Waals surface area contributed by atoms with Gasteiger partial charge in [0.05, 0.1) is 12.7 Å². The third-order valence-corrected chi connectivity index (χ3v) is 4.25. The van der Waals surface area contributed by atoms with Crippen molar-refractivity contribution in [3.8, 4) is 0 Å². The van der Waals surface area contributed by atoms with E-state index < -0.39 is 0 Å². The Balaban J connectivity index is 1.46. The minimum Gasteiger partial charge on any atom is -0.348 e. The van der Waals surface area contributed by atoms with Gasteiger partial charge in [0.15, 0.2) is 5.65 Å². The minimum atomic E-state index is 0.559. The number of aromatic amines is 1. The van der Waals surface area contributed by atoms with Crippen LogP contribution in [0.2, 0.25) is 0 Å². The summed E-state index contributed by atoms with van der Waals surface area (Å²) in [5, 5.41) is 4.40. The second kappa shape index (κ2) is 5.29. The number of rotatable bonds is 3. The zero-order valence-corrected chi connectivity index (χ0v) is 11.8. The fraction of sp³-hybridized carbons (Fsp3) is 0.400. The molecule has 0 amide bonds. The van der Waals surface area contributed by atoms with Gasteiger partial charge in [0.2, 0.25) is 0 Å². The summed E-state index contributed by atoms with van der Waals surface area (Å²) < 4.78 is 1.98. The fourth-order valence-corrected chi connectivity index (χ4v) is 3.15. The van der Waals surface area contributed by atoms with E-state index in [-0.39, 0.29) is 0 Å². The highest BCUT2D eigenvalue weighted by Gasteiger charge is 2.23. The van der Waals surface area contributed by atoms with E-state index in [9.17, 15) is 0 Å². The Hall–Kier alpha value is -2.21. The average molecular weight is 282 g/mol. The SMILES string of the molecule is c1c[nH]c(CN2CCC(c3ccnc4ccnn34)CC2)n1. The van der Waals surface area contributed by atoms with Crippen LogP contribution in [0.4, 0.5) is 0 Å². The highest BCUT2D eigenvalue weighted by atomic mass is 15.3. The lowest BCUT2D eigenvalue weighted by atomic mass is 9.93. The number of fused-ring (bicyclic) bond motifs is 1. The Morgan fingerprint density at radius 1 is 1.10 bits per heavy atom. The summed E-state index contributed by atoms with van der Waals surface area (Å²) >= 11 is 0. The van der Waals surface area contributed by atoms with Gasteiger partial charge in [-0.3, -0.25) is 4.90 Å². The van der Waals surface area contributed by atoms with Crippen molar-refractivity contribution in [1.82, 2.24) is 29.5 Å². The maximum Gasteiger partial charge on any atom is 0.155 e. The molecule has 0 aliphatic carbocycles. The topological polar surface area (TPSA) is 62.1 Å². The van der Waals surface area contributed by atoms with Gasteiger partial charge in [0.1, 0.15) is 5.82 Å². The monoisotopic (exact) mass is 282 g/mol. The van der Waals surface area contributed by atoms with Gasteiger partial charge in [0, 0.05) is 36.3 Å².